The molecule has 3 nitrogen and oxygen atoms in total. The Labute approximate surface area is 115 Å². The molecule has 0 fully saturated rings. The predicted molar refractivity (Wildman–Crippen MR) is 80.7 cm³/mol. The SMILES string of the molecule is CCc1ccc(N(C)c2cc(C)ncc2CN)cc1. The first kappa shape index (κ1) is 13.6. The van der Waals surface area contributed by atoms with Gasteiger partial charge in [-0.2, -0.15) is 0 Å². The number of nitrogens with two attached hydrogens (primary N) is 1. The van der Waals surface area contributed by atoms with E-state index in [-0.39, 0.29) is 0 Å². The van der Waals surface area contributed by atoms with Gasteiger partial charge in [-0.05, 0) is 37.1 Å². The molecule has 0 aliphatic heterocycles. The summed E-state index contributed by atoms with van der Waals surface area (Å²) in [6.45, 7) is 4.66. The van der Waals surface area contributed by atoms with E-state index in [1.54, 1.807) is 0 Å². The lowest BCUT2D eigenvalue weighted by atomic mass is 10.1. The minimum Gasteiger partial charge on any atom is -0.344 e. The fourth-order valence-electron chi connectivity index (χ4n) is 2.14. The maximum Gasteiger partial charge on any atom is 0.0487 e. The summed E-state index contributed by atoms with van der Waals surface area (Å²) < 4.78 is 0. The first-order valence-corrected chi connectivity index (χ1v) is 6.64. The Balaban J connectivity index is 2.36. The highest BCUT2D eigenvalue weighted by atomic mass is 15.1. The maximum absolute atomic E-state index is 5.80. The summed E-state index contributed by atoms with van der Waals surface area (Å²) in [6.07, 6.45) is 2.92. The number of aryl methyl sites for hydroxylation is 2. The van der Waals surface area contributed by atoms with Crippen LogP contribution in [0.3, 0.4) is 0 Å². The summed E-state index contributed by atoms with van der Waals surface area (Å²) in [6, 6.07) is 10.7. The monoisotopic (exact) mass is 255 g/mol. The van der Waals surface area contributed by atoms with Crippen molar-refractivity contribution in [3.05, 3.63) is 53.3 Å². The molecule has 0 spiro atoms. The molecule has 3 heteroatoms. The van der Waals surface area contributed by atoms with Crippen molar-refractivity contribution in [2.45, 2.75) is 26.8 Å². The Kier molecular flexibility index (Phi) is 4.17. The Morgan fingerprint density at radius 2 is 1.89 bits per heavy atom. The highest BCUT2D eigenvalue weighted by molar-refractivity contribution is 5.66. The fourth-order valence-corrected chi connectivity index (χ4v) is 2.14. The molecule has 1 aromatic carbocycles. The van der Waals surface area contributed by atoms with E-state index in [1.165, 1.54) is 5.56 Å². The van der Waals surface area contributed by atoms with Gasteiger partial charge in [-0.25, -0.2) is 0 Å². The van der Waals surface area contributed by atoms with Crippen LogP contribution in [0.5, 0.6) is 0 Å². The van der Waals surface area contributed by atoms with Crippen LogP contribution >= 0.6 is 0 Å². The molecule has 1 heterocycles. The first-order chi connectivity index (χ1) is 9.15. The van der Waals surface area contributed by atoms with Gasteiger partial charge in [0.05, 0.1) is 0 Å². The highest BCUT2D eigenvalue weighted by Gasteiger charge is 2.09. The van der Waals surface area contributed by atoms with Gasteiger partial charge in [0.25, 0.3) is 0 Å². The van der Waals surface area contributed by atoms with Crippen molar-refractivity contribution in [2.24, 2.45) is 5.73 Å². The zero-order valence-electron chi connectivity index (χ0n) is 11.9. The molecular formula is C16H21N3. The average Bonchev–Trinajstić information content (AvgIpc) is 2.46. The Morgan fingerprint density at radius 3 is 2.47 bits per heavy atom. The molecule has 0 saturated carbocycles. The number of hydrogen-bond acceptors (Lipinski definition) is 3. The number of benzene rings is 1. The van der Waals surface area contributed by atoms with Gasteiger partial charge in [-0.3, -0.25) is 4.98 Å². The van der Waals surface area contributed by atoms with Crippen molar-refractivity contribution in [3.63, 3.8) is 0 Å². The smallest absolute Gasteiger partial charge is 0.0487 e. The van der Waals surface area contributed by atoms with Crippen LogP contribution in [-0.4, -0.2) is 12.0 Å². The van der Waals surface area contributed by atoms with E-state index in [9.17, 15) is 0 Å². The summed E-state index contributed by atoms with van der Waals surface area (Å²) in [5.41, 5.74) is 11.5. The van der Waals surface area contributed by atoms with E-state index in [4.69, 9.17) is 5.73 Å². The van der Waals surface area contributed by atoms with Crippen LogP contribution in [0.2, 0.25) is 0 Å². The van der Waals surface area contributed by atoms with Crippen LogP contribution in [0.15, 0.2) is 36.5 Å². The zero-order chi connectivity index (χ0) is 13.8. The van der Waals surface area contributed by atoms with Gasteiger partial charge in [0.2, 0.25) is 0 Å². The molecule has 0 bridgehead atoms. The fraction of sp³-hybridized carbons (Fsp3) is 0.312. The lowest BCUT2D eigenvalue weighted by molar-refractivity contribution is 1.01. The van der Waals surface area contributed by atoms with Gasteiger partial charge < -0.3 is 10.6 Å². The third-order valence-electron chi connectivity index (χ3n) is 3.41. The van der Waals surface area contributed by atoms with Crippen LogP contribution < -0.4 is 10.6 Å². The van der Waals surface area contributed by atoms with E-state index in [0.717, 1.165) is 29.1 Å². The number of anilines is 2. The Morgan fingerprint density at radius 1 is 1.21 bits per heavy atom. The molecule has 19 heavy (non-hydrogen) atoms. The van der Waals surface area contributed by atoms with Gasteiger partial charge in [-0.15, -0.1) is 0 Å². The molecule has 2 aromatic rings. The number of aromatic nitrogens is 1. The van der Waals surface area contributed by atoms with E-state index >= 15 is 0 Å². The summed E-state index contributed by atoms with van der Waals surface area (Å²) in [5.74, 6) is 0. The first-order valence-electron chi connectivity index (χ1n) is 6.64. The quantitative estimate of drug-likeness (QED) is 0.912. The molecule has 0 unspecified atom stereocenters. The molecular weight excluding hydrogens is 234 g/mol. The van der Waals surface area contributed by atoms with Crippen LogP contribution in [0.25, 0.3) is 0 Å². The number of hydrogen-bond donors (Lipinski definition) is 1. The number of pyridine rings is 1. The molecule has 0 aliphatic rings. The van der Waals surface area contributed by atoms with E-state index in [2.05, 4.69) is 54.2 Å². The summed E-state index contributed by atoms with van der Waals surface area (Å²) >= 11 is 0. The second kappa shape index (κ2) is 5.85. The summed E-state index contributed by atoms with van der Waals surface area (Å²) in [4.78, 5) is 6.47. The average molecular weight is 255 g/mol. The van der Waals surface area contributed by atoms with Crippen molar-refractivity contribution >= 4 is 11.4 Å². The second-order valence-corrected chi connectivity index (χ2v) is 4.74. The largest absolute Gasteiger partial charge is 0.344 e. The van der Waals surface area contributed by atoms with Crippen molar-refractivity contribution in [2.75, 3.05) is 11.9 Å². The minimum absolute atomic E-state index is 0.500. The summed E-state index contributed by atoms with van der Waals surface area (Å²) in [7, 11) is 2.06. The van der Waals surface area contributed by atoms with Crippen molar-refractivity contribution in [3.8, 4) is 0 Å². The molecule has 0 aliphatic carbocycles. The standard InChI is InChI=1S/C16H21N3/c1-4-13-5-7-15(8-6-13)19(3)16-9-12(2)18-11-14(16)10-17/h5-9,11H,4,10,17H2,1-3H3. The lowest BCUT2D eigenvalue weighted by Gasteiger charge is -2.22. The molecule has 1 aromatic heterocycles. The Bertz CT molecular complexity index is 546. The molecule has 100 valence electrons. The van der Waals surface area contributed by atoms with Crippen molar-refractivity contribution in [1.29, 1.82) is 0 Å². The summed E-state index contributed by atoms with van der Waals surface area (Å²) in [5, 5.41) is 0. The molecule has 2 N–H and O–H groups in total. The molecule has 0 amide bonds. The van der Waals surface area contributed by atoms with Gasteiger partial charge in [0.15, 0.2) is 0 Å². The van der Waals surface area contributed by atoms with Crippen molar-refractivity contribution in [1.82, 2.24) is 4.98 Å². The normalized spacial score (nSPS) is 10.5. The van der Waals surface area contributed by atoms with Crippen LogP contribution in [-0.2, 0) is 13.0 Å². The van der Waals surface area contributed by atoms with Crippen molar-refractivity contribution < 1.29 is 0 Å². The molecule has 0 atom stereocenters. The maximum atomic E-state index is 5.80. The molecule has 0 radical (unpaired) electrons. The lowest BCUT2D eigenvalue weighted by Crippen LogP contribution is -2.14. The van der Waals surface area contributed by atoms with Crippen LogP contribution in [0, 0.1) is 6.92 Å². The number of nitrogens with zero attached hydrogens (tertiary/aromatic N) is 2. The van der Waals surface area contributed by atoms with Gasteiger partial charge in [0.1, 0.15) is 0 Å². The molecule has 0 saturated heterocycles. The van der Waals surface area contributed by atoms with E-state index in [1.807, 2.05) is 13.1 Å². The van der Waals surface area contributed by atoms with Gasteiger partial charge in [-0.1, -0.05) is 19.1 Å². The minimum atomic E-state index is 0.500. The van der Waals surface area contributed by atoms with E-state index in [0.29, 0.717) is 6.54 Å². The topological polar surface area (TPSA) is 42.2 Å². The predicted octanol–water partition coefficient (Wildman–Crippen LogP) is 3.18. The third-order valence-corrected chi connectivity index (χ3v) is 3.41. The second-order valence-electron chi connectivity index (χ2n) is 4.74. The Hall–Kier alpha value is -1.87. The van der Waals surface area contributed by atoms with Gasteiger partial charge >= 0.3 is 0 Å². The zero-order valence-corrected chi connectivity index (χ0v) is 11.9. The van der Waals surface area contributed by atoms with Crippen LogP contribution in [0.4, 0.5) is 11.4 Å². The van der Waals surface area contributed by atoms with Gasteiger partial charge in [0, 0.05) is 42.4 Å². The van der Waals surface area contributed by atoms with Crippen LogP contribution in [0.1, 0.15) is 23.7 Å². The van der Waals surface area contributed by atoms with E-state index < -0.39 is 0 Å². The number of rotatable bonds is 4. The third kappa shape index (κ3) is 2.93. The highest BCUT2D eigenvalue weighted by Crippen LogP contribution is 2.27. The molecule has 2 rings (SSSR count).